The summed E-state index contributed by atoms with van der Waals surface area (Å²) >= 11 is 0. The predicted molar refractivity (Wildman–Crippen MR) is 92.8 cm³/mol. The van der Waals surface area contributed by atoms with E-state index in [0.717, 1.165) is 16.5 Å². The van der Waals surface area contributed by atoms with Gasteiger partial charge in [0.15, 0.2) is 0 Å². The summed E-state index contributed by atoms with van der Waals surface area (Å²) in [6, 6.07) is 4.58. The highest BCUT2D eigenvalue weighted by molar-refractivity contribution is 5.95. The number of benzene rings is 1. The van der Waals surface area contributed by atoms with E-state index in [1.165, 1.54) is 19.2 Å². The molecule has 26 heavy (non-hydrogen) atoms. The van der Waals surface area contributed by atoms with Crippen LogP contribution in [0.1, 0.15) is 15.9 Å². The van der Waals surface area contributed by atoms with Crippen LogP contribution in [0.2, 0.25) is 0 Å². The molecule has 1 aromatic heterocycles. The molecule has 132 valence electrons. The lowest BCUT2D eigenvalue weighted by Crippen LogP contribution is -2.12. The second-order valence-electron chi connectivity index (χ2n) is 5.97. The molecule has 0 unspecified atom stereocenters. The average Bonchev–Trinajstić information content (AvgIpc) is 3.22. The molecule has 7 nitrogen and oxygen atoms in total. The van der Waals surface area contributed by atoms with Crippen LogP contribution in [0.3, 0.4) is 0 Å². The maximum absolute atomic E-state index is 13.5. The third-order valence-corrected chi connectivity index (χ3v) is 4.39. The summed E-state index contributed by atoms with van der Waals surface area (Å²) in [7, 11) is 1.27. The summed E-state index contributed by atoms with van der Waals surface area (Å²) < 4.78 is 20.0. The van der Waals surface area contributed by atoms with Crippen LogP contribution in [-0.2, 0) is 17.7 Å². The number of nitrogens with one attached hydrogen (secondary N) is 2. The Bertz CT molecular complexity index is 1140. The van der Waals surface area contributed by atoms with Crippen LogP contribution in [0, 0.1) is 5.82 Å². The van der Waals surface area contributed by atoms with E-state index in [1.54, 1.807) is 23.0 Å². The Hall–Kier alpha value is -3.42. The van der Waals surface area contributed by atoms with Gasteiger partial charge in [-0.15, -0.1) is 0 Å². The van der Waals surface area contributed by atoms with Crippen LogP contribution in [0.25, 0.3) is 22.2 Å². The molecule has 2 aromatic rings. The number of carbonyl (C=O) groups excluding carboxylic acids is 1. The quantitative estimate of drug-likeness (QED) is 0.550. The highest BCUT2D eigenvalue weighted by atomic mass is 19.1. The first kappa shape index (κ1) is 16.1. The summed E-state index contributed by atoms with van der Waals surface area (Å²) in [4.78, 5) is 27.0. The van der Waals surface area contributed by atoms with E-state index in [2.05, 4.69) is 15.2 Å². The number of fused-ring (bicyclic) bond motifs is 2. The van der Waals surface area contributed by atoms with Crippen LogP contribution in [0.4, 0.5) is 4.39 Å². The van der Waals surface area contributed by atoms with Crippen molar-refractivity contribution < 1.29 is 13.9 Å². The number of H-pyrrole nitrogens is 2. The molecule has 4 rings (SSSR count). The third-order valence-electron chi connectivity index (χ3n) is 4.39. The fourth-order valence-corrected chi connectivity index (χ4v) is 3.09. The van der Waals surface area contributed by atoms with E-state index in [4.69, 9.17) is 4.74 Å². The van der Waals surface area contributed by atoms with Gasteiger partial charge in [0.1, 0.15) is 17.1 Å². The predicted octanol–water partition coefficient (Wildman–Crippen LogP) is 2.33. The zero-order chi connectivity index (χ0) is 18.3. The minimum absolute atomic E-state index is 0.216. The van der Waals surface area contributed by atoms with Gasteiger partial charge < -0.3 is 14.3 Å². The Labute approximate surface area is 146 Å². The van der Waals surface area contributed by atoms with Crippen molar-refractivity contribution in [3.8, 4) is 11.3 Å². The van der Waals surface area contributed by atoms with Crippen molar-refractivity contribution in [1.82, 2.24) is 19.7 Å². The van der Waals surface area contributed by atoms with E-state index < -0.39 is 5.97 Å². The van der Waals surface area contributed by atoms with Gasteiger partial charge in [-0.1, -0.05) is 0 Å². The monoisotopic (exact) mass is 354 g/mol. The second kappa shape index (κ2) is 6.14. The number of rotatable bonds is 4. The number of hydrogen-bond donors (Lipinski definition) is 2. The summed E-state index contributed by atoms with van der Waals surface area (Å²) in [5, 5.41) is 7.05. The smallest absolute Gasteiger partial charge is 0.341 e. The molecule has 0 radical (unpaired) electrons. The van der Waals surface area contributed by atoms with Gasteiger partial charge in [0.25, 0.3) is 5.56 Å². The van der Waals surface area contributed by atoms with Gasteiger partial charge in [-0.25, -0.2) is 14.3 Å². The zero-order valence-corrected chi connectivity index (χ0v) is 13.9. The number of aromatic amines is 2. The molecule has 0 fully saturated rings. The molecule has 8 heteroatoms. The number of aryl methyl sites for hydroxylation is 2. The van der Waals surface area contributed by atoms with E-state index in [1.807, 2.05) is 6.20 Å². The molecule has 0 saturated carbocycles. The van der Waals surface area contributed by atoms with Crippen LogP contribution in [-0.4, -0.2) is 32.8 Å². The topological polar surface area (TPSA) is 92.8 Å². The Morgan fingerprint density at radius 2 is 2.19 bits per heavy atom. The van der Waals surface area contributed by atoms with E-state index in [9.17, 15) is 14.0 Å². The zero-order valence-electron chi connectivity index (χ0n) is 13.9. The highest BCUT2D eigenvalue weighted by Crippen LogP contribution is 2.23. The first-order chi connectivity index (χ1) is 12.6. The molecule has 1 aromatic carbocycles. The summed E-state index contributed by atoms with van der Waals surface area (Å²) in [5.41, 5.74) is 2.25. The molecular formula is C18H15FN4O3. The number of methoxy groups -OCH3 is 1. The average molecular weight is 354 g/mol. The molecule has 0 bridgehead atoms. The summed E-state index contributed by atoms with van der Waals surface area (Å²) in [6.07, 6.45) is 5.67. The van der Waals surface area contributed by atoms with Gasteiger partial charge in [-0.05, 0) is 30.2 Å². The van der Waals surface area contributed by atoms with Gasteiger partial charge in [-0.3, -0.25) is 4.79 Å². The minimum atomic E-state index is -0.565. The van der Waals surface area contributed by atoms with Gasteiger partial charge in [0, 0.05) is 36.0 Å². The van der Waals surface area contributed by atoms with Crippen molar-refractivity contribution in [3.63, 3.8) is 0 Å². The molecule has 0 saturated heterocycles. The fourth-order valence-electron chi connectivity index (χ4n) is 3.09. The Balaban J connectivity index is 1.69. The van der Waals surface area contributed by atoms with Crippen LogP contribution < -0.4 is 5.56 Å². The van der Waals surface area contributed by atoms with Crippen molar-refractivity contribution in [3.05, 3.63) is 64.1 Å². The number of esters is 1. The van der Waals surface area contributed by atoms with E-state index >= 15 is 0 Å². The maximum Gasteiger partial charge on any atom is 0.341 e. The van der Waals surface area contributed by atoms with Gasteiger partial charge in [0.05, 0.1) is 12.7 Å². The number of pyridine rings is 1. The lowest BCUT2D eigenvalue weighted by Gasteiger charge is -2.11. The SMILES string of the molecule is COC(=O)c1cn(CCc2c[nH]c3ccc(F)cc23)cc2c(=O)[nH]nc1-2. The largest absolute Gasteiger partial charge is 0.465 e. The summed E-state index contributed by atoms with van der Waals surface area (Å²) in [5.74, 6) is -0.861. The molecule has 0 amide bonds. The second-order valence-corrected chi connectivity index (χ2v) is 5.97. The van der Waals surface area contributed by atoms with Gasteiger partial charge in [-0.2, -0.15) is 5.10 Å². The molecule has 0 aliphatic carbocycles. The van der Waals surface area contributed by atoms with Crippen LogP contribution in [0.5, 0.6) is 0 Å². The first-order valence-corrected chi connectivity index (χ1v) is 7.99. The summed E-state index contributed by atoms with van der Waals surface area (Å²) in [6.45, 7) is 0.494. The molecule has 2 N–H and O–H groups in total. The van der Waals surface area contributed by atoms with Crippen molar-refractivity contribution in [2.75, 3.05) is 7.11 Å². The molecule has 3 heterocycles. The standard InChI is InChI=1S/C18H15FN4O3/c1-26-18(25)14-9-23(8-13-16(14)21-22-17(13)24)5-4-10-7-20-15-3-2-11(19)6-12(10)15/h2-3,6-9,20H,4-5H2,1H3,(H,22,24). The molecular weight excluding hydrogens is 339 g/mol. The number of nitrogens with zero attached hydrogens (tertiary/aromatic N) is 2. The van der Waals surface area contributed by atoms with Crippen LogP contribution >= 0.6 is 0 Å². The Morgan fingerprint density at radius 1 is 1.35 bits per heavy atom. The minimum Gasteiger partial charge on any atom is -0.465 e. The Morgan fingerprint density at radius 3 is 3.00 bits per heavy atom. The number of aromatic nitrogens is 4. The maximum atomic E-state index is 13.5. The molecule has 2 aliphatic heterocycles. The van der Waals surface area contributed by atoms with Crippen molar-refractivity contribution in [2.24, 2.45) is 0 Å². The van der Waals surface area contributed by atoms with Crippen molar-refractivity contribution in [1.29, 1.82) is 0 Å². The molecule has 0 atom stereocenters. The van der Waals surface area contributed by atoms with E-state index in [-0.39, 0.29) is 22.6 Å². The number of halogens is 1. The van der Waals surface area contributed by atoms with Crippen molar-refractivity contribution >= 4 is 16.9 Å². The normalized spacial score (nSPS) is 11.3. The number of hydrogen-bond acceptors (Lipinski definition) is 4. The first-order valence-electron chi connectivity index (χ1n) is 7.99. The lowest BCUT2D eigenvalue weighted by molar-refractivity contribution is 0.0600. The van der Waals surface area contributed by atoms with Crippen molar-refractivity contribution in [2.45, 2.75) is 13.0 Å². The van der Waals surface area contributed by atoms with E-state index in [0.29, 0.717) is 18.5 Å². The lowest BCUT2D eigenvalue weighted by atomic mass is 10.1. The number of ether oxygens (including phenoxy) is 1. The fraction of sp³-hybridized carbons (Fsp3) is 0.167. The Kier molecular flexibility index (Phi) is 3.80. The van der Waals surface area contributed by atoms with Gasteiger partial charge >= 0.3 is 5.97 Å². The highest BCUT2D eigenvalue weighted by Gasteiger charge is 2.21. The third kappa shape index (κ3) is 2.65. The molecule has 2 aliphatic rings. The number of carbonyl (C=O) groups is 1. The van der Waals surface area contributed by atoms with Gasteiger partial charge in [0.2, 0.25) is 0 Å². The molecule has 0 spiro atoms. The van der Waals surface area contributed by atoms with Crippen LogP contribution in [0.15, 0.2) is 41.6 Å².